The Kier molecular flexibility index (Phi) is 6.83. The van der Waals surface area contributed by atoms with Crippen LogP contribution >= 0.6 is 0 Å². The van der Waals surface area contributed by atoms with Crippen LogP contribution in [0.5, 0.6) is 23.0 Å². The van der Waals surface area contributed by atoms with Gasteiger partial charge in [-0.2, -0.15) is 0 Å². The van der Waals surface area contributed by atoms with Gasteiger partial charge in [0.05, 0.1) is 17.6 Å². The van der Waals surface area contributed by atoms with E-state index in [1.165, 1.54) is 12.1 Å². The zero-order valence-electron chi connectivity index (χ0n) is 16.2. The molecule has 0 aliphatic rings. The van der Waals surface area contributed by atoms with Gasteiger partial charge >= 0.3 is 0 Å². The molecule has 0 unspecified atom stereocenters. The Morgan fingerprint density at radius 2 is 1.60 bits per heavy atom. The number of hydrogen-bond donors (Lipinski definition) is 1. The monoisotopic (exact) mass is 408 g/mol. The molecular formula is C22H20N2O6. The van der Waals surface area contributed by atoms with Gasteiger partial charge in [0.15, 0.2) is 6.61 Å². The number of anilines is 1. The number of carbonyl (C=O) groups is 1. The fraction of sp³-hybridized carbons (Fsp3) is 0.136. The van der Waals surface area contributed by atoms with E-state index in [2.05, 4.69) is 5.32 Å². The van der Waals surface area contributed by atoms with Gasteiger partial charge in [-0.05, 0) is 43.3 Å². The second-order valence-electron chi connectivity index (χ2n) is 6.10. The van der Waals surface area contributed by atoms with Gasteiger partial charge in [-0.25, -0.2) is 0 Å². The first-order valence-electron chi connectivity index (χ1n) is 9.22. The number of hydrogen-bond acceptors (Lipinski definition) is 6. The number of nitrogens with one attached hydrogen (secondary N) is 1. The molecule has 1 N–H and O–H groups in total. The number of ether oxygens (including phenoxy) is 3. The van der Waals surface area contributed by atoms with E-state index in [9.17, 15) is 14.9 Å². The third kappa shape index (κ3) is 5.71. The molecule has 154 valence electrons. The molecule has 3 aromatic carbocycles. The number of nitro groups is 1. The highest BCUT2D eigenvalue weighted by Gasteiger charge is 2.17. The predicted molar refractivity (Wildman–Crippen MR) is 111 cm³/mol. The summed E-state index contributed by atoms with van der Waals surface area (Å²) < 4.78 is 16.5. The summed E-state index contributed by atoms with van der Waals surface area (Å²) in [6.45, 7) is 1.83. The number of para-hydroxylation sites is 1. The first kappa shape index (κ1) is 20.7. The van der Waals surface area contributed by atoms with Crippen LogP contribution in [0, 0.1) is 10.1 Å². The summed E-state index contributed by atoms with van der Waals surface area (Å²) in [5.41, 5.74) is -0.189. The molecule has 0 radical (unpaired) electrons. The highest BCUT2D eigenvalue weighted by atomic mass is 16.6. The summed E-state index contributed by atoms with van der Waals surface area (Å²) >= 11 is 0. The van der Waals surface area contributed by atoms with Gasteiger partial charge in [0.25, 0.3) is 11.6 Å². The maximum atomic E-state index is 12.2. The number of carbonyl (C=O) groups excluding carboxylic acids is 1. The summed E-state index contributed by atoms with van der Waals surface area (Å²) in [6, 6.07) is 20.3. The molecule has 8 heteroatoms. The van der Waals surface area contributed by atoms with Gasteiger partial charge in [0.2, 0.25) is 0 Å². The predicted octanol–water partition coefficient (Wildman–Crippen LogP) is 4.80. The van der Waals surface area contributed by atoms with Gasteiger partial charge in [0.1, 0.15) is 28.7 Å². The summed E-state index contributed by atoms with van der Waals surface area (Å²) in [5, 5.41) is 13.8. The molecule has 0 saturated heterocycles. The Hall–Kier alpha value is -4.07. The summed E-state index contributed by atoms with van der Waals surface area (Å²) in [7, 11) is 0. The molecule has 0 aliphatic carbocycles. The van der Waals surface area contributed by atoms with Crippen LogP contribution in [-0.2, 0) is 4.79 Å². The van der Waals surface area contributed by atoms with Gasteiger partial charge in [-0.1, -0.05) is 24.3 Å². The molecule has 30 heavy (non-hydrogen) atoms. The average Bonchev–Trinajstić information content (AvgIpc) is 2.74. The molecule has 0 spiro atoms. The number of amides is 1. The number of benzene rings is 3. The fourth-order valence-corrected chi connectivity index (χ4v) is 2.61. The Labute approximate surface area is 173 Å². The molecule has 0 aliphatic heterocycles. The smallest absolute Gasteiger partial charge is 0.296 e. The lowest BCUT2D eigenvalue weighted by atomic mass is 10.2. The third-order valence-electron chi connectivity index (χ3n) is 3.91. The van der Waals surface area contributed by atoms with Crippen LogP contribution in [0.4, 0.5) is 11.4 Å². The number of nitrogens with zero attached hydrogens (tertiary/aromatic N) is 1. The van der Waals surface area contributed by atoms with E-state index in [1.807, 2.05) is 30.3 Å². The zero-order valence-corrected chi connectivity index (χ0v) is 16.2. The standard InChI is InChI=1S/C22H20N2O6/c1-2-28-18-11-12-20(21(14-18)24(26)27)23-22(25)15-29-17-9-6-10-19(13-17)30-16-7-4-3-5-8-16/h3-14H,2,15H2,1H3,(H,23,25). The quantitative estimate of drug-likeness (QED) is 0.403. The third-order valence-corrected chi connectivity index (χ3v) is 3.91. The molecule has 3 rings (SSSR count). The summed E-state index contributed by atoms with van der Waals surface area (Å²) in [5.74, 6) is 1.49. The van der Waals surface area contributed by atoms with Crippen molar-refractivity contribution in [1.29, 1.82) is 0 Å². The lowest BCUT2D eigenvalue weighted by Crippen LogP contribution is -2.20. The second kappa shape index (κ2) is 9.92. The lowest BCUT2D eigenvalue weighted by Gasteiger charge is -2.10. The van der Waals surface area contributed by atoms with Crippen LogP contribution in [0.1, 0.15) is 6.92 Å². The molecular weight excluding hydrogens is 388 g/mol. The molecule has 0 atom stereocenters. The summed E-state index contributed by atoms with van der Waals surface area (Å²) in [6.07, 6.45) is 0. The van der Waals surface area contributed by atoms with Crippen LogP contribution in [0.25, 0.3) is 0 Å². The Bertz CT molecular complexity index is 1020. The van der Waals surface area contributed by atoms with E-state index in [1.54, 1.807) is 37.3 Å². The van der Waals surface area contributed by atoms with Crippen molar-refractivity contribution in [2.45, 2.75) is 6.92 Å². The molecule has 0 bridgehead atoms. The van der Waals surface area contributed by atoms with Crippen molar-refractivity contribution < 1.29 is 23.9 Å². The molecule has 0 saturated carbocycles. The minimum absolute atomic E-state index is 0.0678. The molecule has 1 amide bonds. The number of rotatable bonds is 9. The molecule has 0 aromatic heterocycles. The first-order chi connectivity index (χ1) is 14.5. The topological polar surface area (TPSA) is 99.9 Å². The van der Waals surface area contributed by atoms with E-state index >= 15 is 0 Å². The lowest BCUT2D eigenvalue weighted by molar-refractivity contribution is -0.384. The van der Waals surface area contributed by atoms with E-state index < -0.39 is 10.8 Å². The van der Waals surface area contributed by atoms with E-state index in [4.69, 9.17) is 14.2 Å². The van der Waals surface area contributed by atoms with Crippen LogP contribution in [0.3, 0.4) is 0 Å². The minimum atomic E-state index is -0.580. The van der Waals surface area contributed by atoms with Crippen LogP contribution in [0.2, 0.25) is 0 Å². The molecule has 8 nitrogen and oxygen atoms in total. The van der Waals surface area contributed by atoms with Gasteiger partial charge < -0.3 is 19.5 Å². The van der Waals surface area contributed by atoms with Gasteiger partial charge in [-0.15, -0.1) is 0 Å². The highest BCUT2D eigenvalue weighted by molar-refractivity contribution is 5.94. The normalized spacial score (nSPS) is 10.2. The maximum Gasteiger partial charge on any atom is 0.296 e. The van der Waals surface area contributed by atoms with E-state index in [0.29, 0.717) is 29.6 Å². The molecule has 3 aromatic rings. The van der Waals surface area contributed by atoms with Crippen molar-refractivity contribution >= 4 is 17.3 Å². The van der Waals surface area contributed by atoms with Gasteiger partial charge in [0, 0.05) is 6.07 Å². The van der Waals surface area contributed by atoms with Crippen LogP contribution in [-0.4, -0.2) is 24.0 Å². The van der Waals surface area contributed by atoms with Crippen LogP contribution in [0.15, 0.2) is 72.8 Å². The van der Waals surface area contributed by atoms with E-state index in [0.717, 1.165) is 0 Å². The van der Waals surface area contributed by atoms with Crippen molar-refractivity contribution in [1.82, 2.24) is 0 Å². The van der Waals surface area contributed by atoms with Crippen molar-refractivity contribution in [2.24, 2.45) is 0 Å². The van der Waals surface area contributed by atoms with Crippen molar-refractivity contribution in [2.75, 3.05) is 18.5 Å². The van der Waals surface area contributed by atoms with Crippen molar-refractivity contribution in [3.63, 3.8) is 0 Å². The average molecular weight is 408 g/mol. The Morgan fingerprint density at radius 1 is 0.900 bits per heavy atom. The maximum absolute atomic E-state index is 12.2. The zero-order chi connectivity index (χ0) is 21.3. The Morgan fingerprint density at radius 3 is 2.33 bits per heavy atom. The molecule has 0 heterocycles. The SMILES string of the molecule is CCOc1ccc(NC(=O)COc2cccc(Oc3ccccc3)c2)c([N+](=O)[O-])c1. The van der Waals surface area contributed by atoms with Crippen LogP contribution < -0.4 is 19.5 Å². The first-order valence-corrected chi connectivity index (χ1v) is 9.22. The second-order valence-corrected chi connectivity index (χ2v) is 6.10. The largest absolute Gasteiger partial charge is 0.494 e. The minimum Gasteiger partial charge on any atom is -0.494 e. The molecule has 0 fully saturated rings. The van der Waals surface area contributed by atoms with Gasteiger partial charge in [-0.3, -0.25) is 14.9 Å². The summed E-state index contributed by atoms with van der Waals surface area (Å²) in [4.78, 5) is 22.9. The number of nitro benzene ring substituents is 1. The Balaban J connectivity index is 1.61. The fourth-order valence-electron chi connectivity index (χ4n) is 2.61. The van der Waals surface area contributed by atoms with Crippen molar-refractivity contribution in [3.05, 3.63) is 82.9 Å². The highest BCUT2D eigenvalue weighted by Crippen LogP contribution is 2.29. The van der Waals surface area contributed by atoms with E-state index in [-0.39, 0.29) is 18.0 Å². The van der Waals surface area contributed by atoms with Crippen molar-refractivity contribution in [3.8, 4) is 23.0 Å².